The van der Waals surface area contributed by atoms with E-state index < -0.39 is 10.9 Å². The van der Waals surface area contributed by atoms with E-state index in [0.29, 0.717) is 16.7 Å². The molecule has 6 heteroatoms. The van der Waals surface area contributed by atoms with Crippen molar-refractivity contribution >= 4 is 17.1 Å². The number of aliphatic hydroxyl groups excluding tert-OH is 1. The highest BCUT2D eigenvalue weighted by molar-refractivity contribution is 5.74. The summed E-state index contributed by atoms with van der Waals surface area (Å²) >= 11 is 0. The van der Waals surface area contributed by atoms with Crippen LogP contribution in [0.2, 0.25) is 0 Å². The van der Waals surface area contributed by atoms with E-state index in [4.69, 9.17) is 9.52 Å². The SMILES string of the molecule is O=[N+]([O-])c1nc2ccc(CO)cc2o1. The van der Waals surface area contributed by atoms with Crippen molar-refractivity contribution in [2.24, 2.45) is 0 Å². The van der Waals surface area contributed by atoms with Gasteiger partial charge in [0.05, 0.1) is 6.61 Å². The molecule has 0 aliphatic carbocycles. The highest BCUT2D eigenvalue weighted by atomic mass is 16.7. The lowest BCUT2D eigenvalue weighted by atomic mass is 10.2. The van der Waals surface area contributed by atoms with Crippen LogP contribution in [-0.2, 0) is 6.61 Å². The zero-order valence-corrected chi connectivity index (χ0v) is 7.01. The standard InChI is InChI=1S/C8H6N2O4/c11-4-5-1-2-6-7(3-5)14-8(9-6)10(12)13/h1-3,11H,4H2. The molecule has 0 saturated carbocycles. The monoisotopic (exact) mass is 194 g/mol. The predicted molar refractivity (Wildman–Crippen MR) is 46.6 cm³/mol. The van der Waals surface area contributed by atoms with Crippen LogP contribution in [-0.4, -0.2) is 15.0 Å². The average Bonchev–Trinajstić information content (AvgIpc) is 2.59. The van der Waals surface area contributed by atoms with Crippen molar-refractivity contribution in [2.75, 3.05) is 0 Å². The molecule has 0 bridgehead atoms. The van der Waals surface area contributed by atoms with Gasteiger partial charge in [-0.25, -0.2) is 0 Å². The fourth-order valence-electron chi connectivity index (χ4n) is 1.13. The molecule has 1 N–H and O–H groups in total. The van der Waals surface area contributed by atoms with Gasteiger partial charge in [-0.2, -0.15) is 0 Å². The zero-order chi connectivity index (χ0) is 10.1. The highest BCUT2D eigenvalue weighted by Gasteiger charge is 2.17. The first kappa shape index (κ1) is 8.64. The van der Waals surface area contributed by atoms with Gasteiger partial charge in [-0.15, -0.1) is 0 Å². The molecule has 72 valence electrons. The van der Waals surface area contributed by atoms with Crippen LogP contribution in [0.1, 0.15) is 5.56 Å². The van der Waals surface area contributed by atoms with Crippen LogP contribution in [0.4, 0.5) is 6.01 Å². The summed E-state index contributed by atoms with van der Waals surface area (Å²) in [7, 11) is 0. The summed E-state index contributed by atoms with van der Waals surface area (Å²) in [5, 5.41) is 19.1. The van der Waals surface area contributed by atoms with E-state index >= 15 is 0 Å². The topological polar surface area (TPSA) is 89.4 Å². The molecule has 2 rings (SSSR count). The fraction of sp³-hybridized carbons (Fsp3) is 0.125. The lowest BCUT2D eigenvalue weighted by Gasteiger charge is -1.90. The summed E-state index contributed by atoms with van der Waals surface area (Å²) in [5.74, 6) is 0. The third-order valence-corrected chi connectivity index (χ3v) is 1.78. The molecular weight excluding hydrogens is 188 g/mol. The van der Waals surface area contributed by atoms with Crippen molar-refractivity contribution < 1.29 is 14.4 Å². The molecule has 0 radical (unpaired) electrons. The minimum Gasteiger partial charge on any atom is -0.392 e. The summed E-state index contributed by atoms with van der Waals surface area (Å²) in [5.41, 5.74) is 1.35. The Hall–Kier alpha value is -1.95. The molecule has 1 aromatic heterocycles. The van der Waals surface area contributed by atoms with E-state index in [0.717, 1.165) is 0 Å². The first-order valence-electron chi connectivity index (χ1n) is 3.85. The molecule has 6 nitrogen and oxygen atoms in total. The molecular formula is C8H6N2O4. The maximum absolute atomic E-state index is 10.3. The second-order valence-electron chi connectivity index (χ2n) is 2.71. The van der Waals surface area contributed by atoms with Crippen LogP contribution >= 0.6 is 0 Å². The van der Waals surface area contributed by atoms with Gasteiger partial charge in [0.1, 0.15) is 0 Å². The van der Waals surface area contributed by atoms with Crippen LogP contribution < -0.4 is 0 Å². The molecule has 0 aliphatic heterocycles. The maximum atomic E-state index is 10.3. The molecule has 1 aromatic carbocycles. The third kappa shape index (κ3) is 1.31. The van der Waals surface area contributed by atoms with Crippen LogP contribution in [0, 0.1) is 10.1 Å². The zero-order valence-electron chi connectivity index (χ0n) is 7.01. The molecule has 0 atom stereocenters. The molecule has 14 heavy (non-hydrogen) atoms. The second-order valence-corrected chi connectivity index (χ2v) is 2.71. The second kappa shape index (κ2) is 3.08. The summed E-state index contributed by atoms with van der Waals surface area (Å²) in [4.78, 5) is 13.3. The van der Waals surface area contributed by atoms with Crippen LogP contribution in [0.25, 0.3) is 11.1 Å². The number of fused-ring (bicyclic) bond motifs is 1. The van der Waals surface area contributed by atoms with Gasteiger partial charge in [-0.1, -0.05) is 6.07 Å². The van der Waals surface area contributed by atoms with E-state index in [1.165, 1.54) is 6.07 Å². The number of nitrogens with zero attached hydrogens (tertiary/aromatic N) is 2. The van der Waals surface area contributed by atoms with Gasteiger partial charge in [0.2, 0.25) is 5.52 Å². The summed E-state index contributed by atoms with van der Waals surface area (Å²) in [6.07, 6.45) is 0. The summed E-state index contributed by atoms with van der Waals surface area (Å²) in [6.45, 7) is -0.134. The van der Waals surface area contributed by atoms with Gasteiger partial charge in [0, 0.05) is 9.91 Å². The van der Waals surface area contributed by atoms with Gasteiger partial charge in [-0.3, -0.25) is 0 Å². The van der Waals surface area contributed by atoms with Crippen molar-refractivity contribution in [3.63, 3.8) is 0 Å². The Balaban J connectivity index is 2.60. The van der Waals surface area contributed by atoms with Crippen molar-refractivity contribution in [1.29, 1.82) is 0 Å². The number of rotatable bonds is 2. The first-order valence-corrected chi connectivity index (χ1v) is 3.85. The Morgan fingerprint density at radius 3 is 3.00 bits per heavy atom. The van der Waals surface area contributed by atoms with Crippen LogP contribution in [0.3, 0.4) is 0 Å². The molecule has 1 heterocycles. The molecule has 0 unspecified atom stereocenters. The fourth-order valence-corrected chi connectivity index (χ4v) is 1.13. The molecule has 0 fully saturated rings. The van der Waals surface area contributed by atoms with Gasteiger partial charge >= 0.3 is 6.01 Å². The van der Waals surface area contributed by atoms with Crippen molar-refractivity contribution in [3.05, 3.63) is 33.9 Å². The number of oxazole rings is 1. The Morgan fingerprint density at radius 2 is 2.36 bits per heavy atom. The third-order valence-electron chi connectivity index (χ3n) is 1.78. The smallest absolute Gasteiger partial charge is 0.392 e. The minimum absolute atomic E-state index is 0.134. The van der Waals surface area contributed by atoms with E-state index in [2.05, 4.69) is 4.98 Å². The normalized spacial score (nSPS) is 10.6. The van der Waals surface area contributed by atoms with E-state index in [9.17, 15) is 10.1 Å². The maximum Gasteiger partial charge on any atom is 0.546 e. The minimum atomic E-state index is -0.696. The number of benzene rings is 1. The largest absolute Gasteiger partial charge is 0.546 e. The lowest BCUT2D eigenvalue weighted by Crippen LogP contribution is -1.85. The number of aromatic nitrogens is 1. The highest BCUT2D eigenvalue weighted by Crippen LogP contribution is 2.21. The molecule has 0 aliphatic rings. The van der Waals surface area contributed by atoms with Gasteiger partial charge < -0.3 is 19.6 Å². The Morgan fingerprint density at radius 1 is 1.57 bits per heavy atom. The van der Waals surface area contributed by atoms with Gasteiger partial charge in [0.25, 0.3) is 0 Å². The van der Waals surface area contributed by atoms with Crippen molar-refractivity contribution in [3.8, 4) is 0 Å². The van der Waals surface area contributed by atoms with Gasteiger partial charge in [0.15, 0.2) is 5.58 Å². The molecule has 2 aromatic rings. The molecule has 0 amide bonds. The van der Waals surface area contributed by atoms with Crippen LogP contribution in [0.15, 0.2) is 22.6 Å². The van der Waals surface area contributed by atoms with E-state index in [1.807, 2.05) is 0 Å². The Bertz CT molecular complexity index is 491. The number of hydrogen-bond acceptors (Lipinski definition) is 5. The van der Waals surface area contributed by atoms with E-state index in [-0.39, 0.29) is 6.61 Å². The first-order chi connectivity index (χ1) is 6.70. The number of hydrogen-bond donors (Lipinski definition) is 1. The lowest BCUT2D eigenvalue weighted by molar-refractivity contribution is -0.406. The summed E-state index contributed by atoms with van der Waals surface area (Å²) < 4.78 is 4.85. The van der Waals surface area contributed by atoms with Crippen molar-refractivity contribution in [2.45, 2.75) is 6.61 Å². The van der Waals surface area contributed by atoms with Gasteiger partial charge in [-0.05, 0) is 17.7 Å². The predicted octanol–water partition coefficient (Wildman–Crippen LogP) is 1.23. The Labute approximate surface area is 77.9 Å². The molecule has 0 spiro atoms. The molecule has 0 saturated heterocycles. The Kier molecular flexibility index (Phi) is 1.90. The quantitative estimate of drug-likeness (QED) is 0.573. The van der Waals surface area contributed by atoms with Crippen molar-refractivity contribution in [1.82, 2.24) is 4.98 Å². The van der Waals surface area contributed by atoms with E-state index in [1.54, 1.807) is 12.1 Å². The average molecular weight is 194 g/mol. The number of aliphatic hydroxyl groups is 1. The summed E-state index contributed by atoms with van der Waals surface area (Å²) in [6, 6.07) is 4.19. The number of nitro groups is 1. The van der Waals surface area contributed by atoms with Crippen LogP contribution in [0.5, 0.6) is 0 Å².